The molecule has 4 heterocycles. The lowest BCUT2D eigenvalue weighted by Gasteiger charge is -2.39. The molecular weight excluding hydrogens is 395 g/mol. The second-order valence-electron chi connectivity index (χ2n) is 8.74. The average Bonchev–Trinajstić information content (AvgIpc) is 3.12. The third-order valence-corrected chi connectivity index (χ3v) is 8.89. The topological polar surface area (TPSA) is 6.48 Å². The Balaban J connectivity index is 0.00000131. The van der Waals surface area contributed by atoms with Crippen molar-refractivity contribution in [2.45, 2.75) is 99.6 Å². The number of rotatable bonds is 2. The van der Waals surface area contributed by atoms with Crippen LogP contribution in [0.3, 0.4) is 0 Å². The lowest BCUT2D eigenvalue weighted by atomic mass is 9.94. The van der Waals surface area contributed by atoms with Crippen molar-refractivity contribution in [2.75, 3.05) is 26.2 Å². The quantitative estimate of drug-likeness (QED) is 0.496. The molecule has 0 N–H and O–H groups in total. The molecule has 0 aromatic rings. The molecule has 5 heteroatoms. The van der Waals surface area contributed by atoms with E-state index in [0.29, 0.717) is 0 Å². The van der Waals surface area contributed by atoms with Gasteiger partial charge in [0.2, 0.25) is 0 Å². The Morgan fingerprint density at radius 1 is 0.556 bits per heavy atom. The van der Waals surface area contributed by atoms with E-state index in [1.807, 2.05) is 0 Å². The molecule has 2 bridgehead atoms. The summed E-state index contributed by atoms with van der Waals surface area (Å²) in [4.78, 5) is 5.76. The Bertz CT molecular complexity index is 398. The second-order valence-corrected chi connectivity index (χ2v) is 10.2. The molecule has 0 amide bonds. The lowest BCUT2D eigenvalue weighted by Crippen LogP contribution is -2.45. The van der Waals surface area contributed by atoms with Crippen molar-refractivity contribution in [2.24, 2.45) is 0 Å². The SMILES string of the molecule is C1=CCCC(N2CCCCC2)C2CCC(S2)C(N2CCCCC2)CC1.Cl.Cl. The van der Waals surface area contributed by atoms with Crippen LogP contribution in [0.2, 0.25) is 0 Å². The average molecular weight is 436 g/mol. The van der Waals surface area contributed by atoms with Crippen LogP contribution in [-0.2, 0) is 0 Å². The molecule has 4 aliphatic rings. The van der Waals surface area contributed by atoms with Gasteiger partial charge in [0.05, 0.1) is 0 Å². The van der Waals surface area contributed by atoms with Crippen molar-refractivity contribution >= 4 is 36.6 Å². The summed E-state index contributed by atoms with van der Waals surface area (Å²) in [7, 11) is 0. The monoisotopic (exact) mass is 434 g/mol. The van der Waals surface area contributed by atoms with Crippen LogP contribution in [0.4, 0.5) is 0 Å². The molecule has 27 heavy (non-hydrogen) atoms. The Morgan fingerprint density at radius 3 is 1.37 bits per heavy atom. The zero-order valence-electron chi connectivity index (χ0n) is 16.9. The van der Waals surface area contributed by atoms with Crippen LogP contribution in [-0.4, -0.2) is 58.6 Å². The first-order chi connectivity index (χ1) is 12.4. The Hall–Kier alpha value is 0.590. The van der Waals surface area contributed by atoms with Crippen LogP contribution in [0.5, 0.6) is 0 Å². The molecule has 158 valence electrons. The van der Waals surface area contributed by atoms with Gasteiger partial charge in [-0.05, 0) is 90.4 Å². The van der Waals surface area contributed by atoms with Gasteiger partial charge in [-0.15, -0.1) is 24.8 Å². The molecule has 3 saturated heterocycles. The summed E-state index contributed by atoms with van der Waals surface area (Å²) in [5.41, 5.74) is 0. The van der Waals surface area contributed by atoms with Gasteiger partial charge in [-0.3, -0.25) is 9.80 Å². The maximum Gasteiger partial charge on any atom is 0.0217 e. The predicted molar refractivity (Wildman–Crippen MR) is 125 cm³/mol. The molecule has 0 aromatic carbocycles. The Morgan fingerprint density at radius 2 is 0.963 bits per heavy atom. The van der Waals surface area contributed by atoms with E-state index in [0.717, 1.165) is 22.6 Å². The smallest absolute Gasteiger partial charge is 0.0217 e. The highest BCUT2D eigenvalue weighted by Crippen LogP contribution is 2.43. The first kappa shape index (κ1) is 23.9. The lowest BCUT2D eigenvalue weighted by molar-refractivity contribution is 0.147. The predicted octanol–water partition coefficient (Wildman–Crippen LogP) is 5.93. The van der Waals surface area contributed by atoms with E-state index in [2.05, 4.69) is 33.7 Å². The van der Waals surface area contributed by atoms with Gasteiger partial charge in [0.15, 0.2) is 0 Å². The van der Waals surface area contributed by atoms with Crippen LogP contribution >= 0.6 is 36.6 Å². The van der Waals surface area contributed by atoms with E-state index in [1.165, 1.54) is 103 Å². The van der Waals surface area contributed by atoms with Crippen molar-refractivity contribution < 1.29 is 0 Å². The van der Waals surface area contributed by atoms with Gasteiger partial charge in [0.25, 0.3) is 0 Å². The summed E-state index contributed by atoms with van der Waals surface area (Å²) in [5, 5.41) is 1.81. The number of fused-ring (bicyclic) bond motifs is 2. The van der Waals surface area contributed by atoms with Crippen molar-refractivity contribution in [1.29, 1.82) is 0 Å². The normalized spacial score (nSPS) is 36.3. The molecule has 4 aliphatic heterocycles. The summed E-state index contributed by atoms with van der Waals surface area (Å²) < 4.78 is 0. The van der Waals surface area contributed by atoms with Crippen molar-refractivity contribution in [1.82, 2.24) is 9.80 Å². The molecule has 4 atom stereocenters. The van der Waals surface area contributed by atoms with E-state index in [1.54, 1.807) is 0 Å². The van der Waals surface area contributed by atoms with Gasteiger partial charge in [0, 0.05) is 22.6 Å². The number of halogens is 2. The molecular formula is C22H40Cl2N2S. The summed E-state index contributed by atoms with van der Waals surface area (Å²) >= 11 is 2.41. The molecule has 0 aromatic heterocycles. The van der Waals surface area contributed by atoms with Crippen LogP contribution < -0.4 is 0 Å². The zero-order chi connectivity index (χ0) is 16.9. The fourth-order valence-electron chi connectivity index (χ4n) is 5.73. The minimum absolute atomic E-state index is 0. The Labute approximate surface area is 184 Å². The standard InChI is InChI=1S/C22H38N2S.2ClH/c1-2-6-12-20(24-17-9-4-10-18-24)22-14-13-21(25-22)19(11-5-1)23-15-7-3-8-16-23;;/h1-2,19-22H,3-18H2;2*1H. The van der Waals surface area contributed by atoms with E-state index < -0.39 is 0 Å². The van der Waals surface area contributed by atoms with Crippen LogP contribution in [0.1, 0.15) is 77.0 Å². The van der Waals surface area contributed by atoms with Gasteiger partial charge >= 0.3 is 0 Å². The van der Waals surface area contributed by atoms with E-state index in [9.17, 15) is 0 Å². The Kier molecular flexibility index (Phi) is 10.9. The fourth-order valence-corrected chi connectivity index (χ4v) is 7.70. The number of hydrogen-bond acceptors (Lipinski definition) is 3. The minimum atomic E-state index is 0. The molecule has 2 nitrogen and oxygen atoms in total. The number of nitrogens with zero attached hydrogens (tertiary/aromatic N) is 2. The zero-order valence-corrected chi connectivity index (χ0v) is 19.3. The van der Waals surface area contributed by atoms with Gasteiger partial charge in [-0.25, -0.2) is 0 Å². The second kappa shape index (κ2) is 12.3. The summed E-state index contributed by atoms with van der Waals surface area (Å²) in [6, 6.07) is 1.69. The van der Waals surface area contributed by atoms with E-state index >= 15 is 0 Å². The van der Waals surface area contributed by atoms with Gasteiger partial charge < -0.3 is 0 Å². The van der Waals surface area contributed by atoms with Gasteiger partial charge in [0.1, 0.15) is 0 Å². The maximum atomic E-state index is 2.88. The van der Waals surface area contributed by atoms with Crippen molar-refractivity contribution in [3.05, 3.63) is 12.2 Å². The number of hydrogen-bond donors (Lipinski definition) is 0. The molecule has 4 rings (SSSR count). The molecule has 4 unspecified atom stereocenters. The molecule has 0 aliphatic carbocycles. The molecule has 0 radical (unpaired) electrons. The number of piperidine rings is 2. The van der Waals surface area contributed by atoms with Crippen LogP contribution in [0.15, 0.2) is 12.2 Å². The van der Waals surface area contributed by atoms with E-state index in [-0.39, 0.29) is 24.8 Å². The van der Waals surface area contributed by atoms with Crippen molar-refractivity contribution in [3.63, 3.8) is 0 Å². The molecule has 0 spiro atoms. The number of allylic oxidation sites excluding steroid dienone is 2. The highest BCUT2D eigenvalue weighted by Gasteiger charge is 2.39. The summed E-state index contributed by atoms with van der Waals surface area (Å²) in [6.45, 7) is 5.47. The minimum Gasteiger partial charge on any atom is -0.299 e. The maximum absolute atomic E-state index is 2.88. The summed E-state index contributed by atoms with van der Waals surface area (Å²) in [6.07, 6.45) is 22.0. The van der Waals surface area contributed by atoms with Crippen LogP contribution in [0.25, 0.3) is 0 Å². The first-order valence-electron chi connectivity index (χ1n) is 11.2. The van der Waals surface area contributed by atoms with E-state index in [4.69, 9.17) is 0 Å². The van der Waals surface area contributed by atoms with Gasteiger partial charge in [-0.2, -0.15) is 11.8 Å². The highest BCUT2D eigenvalue weighted by atomic mass is 35.5. The number of thioether (sulfide) groups is 1. The summed E-state index contributed by atoms with van der Waals surface area (Å²) in [5.74, 6) is 0. The van der Waals surface area contributed by atoms with Gasteiger partial charge in [-0.1, -0.05) is 25.0 Å². The molecule has 0 saturated carbocycles. The first-order valence-corrected chi connectivity index (χ1v) is 12.1. The third kappa shape index (κ3) is 6.28. The van der Waals surface area contributed by atoms with Crippen molar-refractivity contribution in [3.8, 4) is 0 Å². The highest BCUT2D eigenvalue weighted by molar-refractivity contribution is 8.00. The fraction of sp³-hybridized carbons (Fsp3) is 0.909. The van der Waals surface area contributed by atoms with Crippen LogP contribution in [0, 0.1) is 0 Å². The third-order valence-electron chi connectivity index (χ3n) is 7.09. The largest absolute Gasteiger partial charge is 0.299 e. The molecule has 3 fully saturated rings. The number of likely N-dealkylation sites (tertiary alicyclic amines) is 2.